The van der Waals surface area contributed by atoms with Gasteiger partial charge in [0.15, 0.2) is 0 Å². The van der Waals surface area contributed by atoms with Gasteiger partial charge in [-0.3, -0.25) is 34.8 Å². The minimum absolute atomic E-state index is 0.0497. The summed E-state index contributed by atoms with van der Waals surface area (Å²) < 4.78 is 10.6. The standard InChI is InChI=1S/C28H23N5O8/c1-40-18-9-5-3-7-16(18)32-25(36)21(23(34)30-27(32)38)20(15-11-13-29-14-12-15)22-24(35)31-28(39)33(26(22)37)17-8-4-6-10-19(17)41-2/h3-14,20-22H,1-2H3,(H,30,34,38)(H,31,35,39). The summed E-state index contributed by atoms with van der Waals surface area (Å²) in [5.74, 6) is -8.62. The van der Waals surface area contributed by atoms with Crippen LogP contribution in [-0.2, 0) is 19.2 Å². The fourth-order valence-electron chi connectivity index (χ4n) is 5.06. The van der Waals surface area contributed by atoms with Crippen molar-refractivity contribution in [1.82, 2.24) is 15.6 Å². The summed E-state index contributed by atoms with van der Waals surface area (Å²) in [4.78, 5) is 86.1. The lowest BCUT2D eigenvalue weighted by Crippen LogP contribution is -2.64. The Balaban J connectivity index is 1.65. The van der Waals surface area contributed by atoms with Gasteiger partial charge >= 0.3 is 12.1 Å². The van der Waals surface area contributed by atoms with E-state index in [4.69, 9.17) is 9.47 Å². The van der Waals surface area contributed by atoms with Gasteiger partial charge in [-0.05, 0) is 42.0 Å². The van der Waals surface area contributed by atoms with E-state index in [0.29, 0.717) is 0 Å². The summed E-state index contributed by atoms with van der Waals surface area (Å²) in [6, 6.07) is 13.2. The number of ether oxygens (including phenoxy) is 2. The largest absolute Gasteiger partial charge is 0.495 e. The SMILES string of the molecule is COc1ccccc1N1C(=O)NC(=O)C(C(c2ccncc2)C2C(=O)NC(=O)N(c3ccccc3OC)C2=O)C1=O. The fourth-order valence-corrected chi connectivity index (χ4v) is 5.06. The van der Waals surface area contributed by atoms with Crippen molar-refractivity contribution in [1.29, 1.82) is 0 Å². The molecular formula is C28H23N5O8. The molecule has 13 nitrogen and oxygen atoms in total. The Labute approximate surface area is 233 Å². The van der Waals surface area contributed by atoms with Crippen LogP contribution in [0.5, 0.6) is 11.5 Å². The molecule has 41 heavy (non-hydrogen) atoms. The summed E-state index contributed by atoms with van der Waals surface area (Å²) >= 11 is 0. The van der Waals surface area contributed by atoms with E-state index in [-0.39, 0.29) is 28.4 Å². The topological polar surface area (TPSA) is 164 Å². The third-order valence-electron chi connectivity index (χ3n) is 6.87. The first kappa shape index (κ1) is 27.0. The van der Waals surface area contributed by atoms with Gasteiger partial charge in [-0.1, -0.05) is 24.3 Å². The van der Waals surface area contributed by atoms with E-state index in [9.17, 15) is 28.8 Å². The van der Waals surface area contributed by atoms with E-state index in [1.807, 2.05) is 0 Å². The van der Waals surface area contributed by atoms with Crippen LogP contribution in [0.25, 0.3) is 0 Å². The molecule has 2 unspecified atom stereocenters. The van der Waals surface area contributed by atoms with Crippen LogP contribution in [0.1, 0.15) is 11.5 Å². The van der Waals surface area contributed by atoms with Crippen LogP contribution >= 0.6 is 0 Å². The van der Waals surface area contributed by atoms with Gasteiger partial charge in [-0.25, -0.2) is 19.4 Å². The zero-order valence-electron chi connectivity index (χ0n) is 21.8. The average Bonchev–Trinajstić information content (AvgIpc) is 2.97. The number of carbonyl (C=O) groups is 6. The highest BCUT2D eigenvalue weighted by atomic mass is 16.5. The molecule has 208 valence electrons. The smallest absolute Gasteiger partial charge is 0.335 e. The van der Waals surface area contributed by atoms with Crippen LogP contribution < -0.4 is 29.9 Å². The molecule has 1 aromatic heterocycles. The van der Waals surface area contributed by atoms with Crippen molar-refractivity contribution in [3.63, 3.8) is 0 Å². The van der Waals surface area contributed by atoms with E-state index in [2.05, 4.69) is 15.6 Å². The number of urea groups is 2. The Kier molecular flexibility index (Phi) is 7.17. The van der Waals surface area contributed by atoms with Crippen molar-refractivity contribution in [2.75, 3.05) is 24.0 Å². The molecule has 8 amide bonds. The summed E-state index contributed by atoms with van der Waals surface area (Å²) in [7, 11) is 2.70. The number of barbiturate groups is 2. The van der Waals surface area contributed by atoms with Crippen LogP contribution in [0.4, 0.5) is 21.0 Å². The van der Waals surface area contributed by atoms with Crippen molar-refractivity contribution in [3.05, 3.63) is 78.6 Å². The van der Waals surface area contributed by atoms with E-state index < -0.39 is 53.4 Å². The van der Waals surface area contributed by atoms with Crippen LogP contribution in [-0.4, -0.2) is 54.9 Å². The number of rotatable bonds is 7. The van der Waals surface area contributed by atoms with E-state index in [1.165, 1.54) is 63.0 Å². The number of carbonyl (C=O) groups excluding carboxylic acids is 6. The molecule has 0 aliphatic carbocycles. The summed E-state index contributed by atoms with van der Waals surface area (Å²) in [5.41, 5.74) is 0.327. The lowest BCUT2D eigenvalue weighted by atomic mass is 9.73. The lowest BCUT2D eigenvalue weighted by Gasteiger charge is -2.39. The zero-order valence-corrected chi connectivity index (χ0v) is 21.8. The highest BCUT2D eigenvalue weighted by molar-refractivity contribution is 6.31. The molecule has 2 aliphatic rings. The minimum Gasteiger partial charge on any atom is -0.495 e. The number of pyridine rings is 1. The molecule has 0 bridgehead atoms. The van der Waals surface area contributed by atoms with Crippen molar-refractivity contribution >= 4 is 47.1 Å². The predicted octanol–water partition coefficient (Wildman–Crippen LogP) is 1.98. The van der Waals surface area contributed by atoms with Gasteiger partial charge in [-0.2, -0.15) is 0 Å². The summed E-state index contributed by atoms with van der Waals surface area (Å²) in [5, 5.41) is 4.32. The minimum atomic E-state index is -1.74. The highest BCUT2D eigenvalue weighted by Crippen LogP contribution is 2.41. The second kappa shape index (κ2) is 10.9. The number of nitrogens with zero attached hydrogens (tertiary/aromatic N) is 3. The first-order chi connectivity index (χ1) is 19.8. The monoisotopic (exact) mass is 557 g/mol. The normalized spacial score (nSPS) is 20.0. The van der Waals surface area contributed by atoms with Gasteiger partial charge in [0.2, 0.25) is 23.6 Å². The number of methoxy groups -OCH3 is 2. The number of benzene rings is 2. The molecule has 13 heteroatoms. The Bertz CT molecular complexity index is 1480. The zero-order chi connectivity index (χ0) is 29.3. The molecule has 3 heterocycles. The van der Waals surface area contributed by atoms with Gasteiger partial charge in [0.05, 0.1) is 25.6 Å². The molecule has 2 saturated heterocycles. The first-order valence-corrected chi connectivity index (χ1v) is 12.3. The van der Waals surface area contributed by atoms with Crippen molar-refractivity contribution < 1.29 is 38.2 Å². The Morgan fingerprint density at radius 2 is 1.07 bits per heavy atom. The first-order valence-electron chi connectivity index (χ1n) is 12.3. The third-order valence-corrected chi connectivity index (χ3v) is 6.87. The van der Waals surface area contributed by atoms with Crippen molar-refractivity contribution in [2.45, 2.75) is 5.92 Å². The van der Waals surface area contributed by atoms with Crippen LogP contribution in [0.3, 0.4) is 0 Å². The van der Waals surface area contributed by atoms with Gasteiger partial charge in [0.1, 0.15) is 23.3 Å². The summed E-state index contributed by atoms with van der Waals surface area (Å²) in [6.45, 7) is 0. The molecule has 2 aromatic carbocycles. The number of para-hydroxylation sites is 4. The molecule has 5 rings (SSSR count). The number of hydrogen-bond acceptors (Lipinski definition) is 9. The third kappa shape index (κ3) is 4.62. The maximum absolute atomic E-state index is 14.0. The molecule has 2 aliphatic heterocycles. The summed E-state index contributed by atoms with van der Waals surface area (Å²) in [6.07, 6.45) is 2.73. The Hall–Kier alpha value is -5.59. The van der Waals surface area contributed by atoms with Crippen LogP contribution in [0.15, 0.2) is 73.1 Å². The van der Waals surface area contributed by atoms with Gasteiger partial charge in [-0.15, -0.1) is 0 Å². The molecule has 0 saturated carbocycles. The fraction of sp³-hybridized carbons (Fsp3) is 0.179. The molecule has 0 spiro atoms. The molecular weight excluding hydrogens is 534 g/mol. The Morgan fingerprint density at radius 1 is 0.659 bits per heavy atom. The maximum Gasteiger partial charge on any atom is 0.335 e. The molecule has 3 aromatic rings. The number of imide groups is 4. The van der Waals surface area contributed by atoms with E-state index in [0.717, 1.165) is 9.80 Å². The molecule has 2 atom stereocenters. The number of hydrogen-bond donors (Lipinski definition) is 2. The van der Waals surface area contributed by atoms with Crippen molar-refractivity contribution in [3.8, 4) is 11.5 Å². The number of nitrogens with one attached hydrogen (secondary N) is 2. The van der Waals surface area contributed by atoms with Crippen molar-refractivity contribution in [2.24, 2.45) is 11.8 Å². The maximum atomic E-state index is 14.0. The lowest BCUT2D eigenvalue weighted by molar-refractivity contribution is -0.140. The van der Waals surface area contributed by atoms with Gasteiger partial charge in [0.25, 0.3) is 0 Å². The second-order valence-corrected chi connectivity index (χ2v) is 9.04. The average molecular weight is 558 g/mol. The number of aromatic nitrogens is 1. The Morgan fingerprint density at radius 3 is 1.49 bits per heavy atom. The van der Waals surface area contributed by atoms with E-state index in [1.54, 1.807) is 24.3 Å². The predicted molar refractivity (Wildman–Crippen MR) is 142 cm³/mol. The highest BCUT2D eigenvalue weighted by Gasteiger charge is 2.55. The van der Waals surface area contributed by atoms with Crippen LogP contribution in [0, 0.1) is 11.8 Å². The van der Waals surface area contributed by atoms with E-state index >= 15 is 0 Å². The van der Waals surface area contributed by atoms with Gasteiger partial charge in [0, 0.05) is 18.3 Å². The number of anilines is 2. The van der Waals surface area contributed by atoms with Gasteiger partial charge < -0.3 is 9.47 Å². The second-order valence-electron chi connectivity index (χ2n) is 9.04. The molecule has 0 radical (unpaired) electrons. The molecule has 2 fully saturated rings. The van der Waals surface area contributed by atoms with Crippen LogP contribution in [0.2, 0.25) is 0 Å². The molecule has 2 N–H and O–H groups in total. The quantitative estimate of drug-likeness (QED) is 0.413. The number of amides is 8.